The van der Waals surface area contributed by atoms with Gasteiger partial charge in [-0.3, -0.25) is 9.59 Å². The maximum atomic E-state index is 12.7. The molecule has 1 saturated heterocycles. The zero-order chi connectivity index (χ0) is 18.0. The van der Waals surface area contributed by atoms with Crippen LogP contribution in [0.25, 0.3) is 0 Å². The number of amides is 2. The van der Waals surface area contributed by atoms with E-state index in [0.717, 1.165) is 19.4 Å². The number of anilines is 1. The van der Waals surface area contributed by atoms with Gasteiger partial charge in [-0.05, 0) is 44.9 Å². The number of carbonyl (C=O) groups excluding carboxylic acids is 2. The summed E-state index contributed by atoms with van der Waals surface area (Å²) in [6.45, 7) is 4.99. The van der Waals surface area contributed by atoms with E-state index in [9.17, 15) is 9.59 Å². The second-order valence-corrected chi connectivity index (χ2v) is 7.31. The van der Waals surface area contributed by atoms with Crippen LogP contribution in [0.3, 0.4) is 0 Å². The molecule has 1 N–H and O–H groups in total. The van der Waals surface area contributed by atoms with Gasteiger partial charge in [0.05, 0.1) is 11.8 Å². The Kier molecular flexibility index (Phi) is 5.20. The van der Waals surface area contributed by atoms with E-state index in [1.54, 1.807) is 36.9 Å². The molecule has 25 heavy (non-hydrogen) atoms. The molecule has 0 aromatic heterocycles. The molecule has 0 spiro atoms. The fraction of sp³-hybridized carbons (Fsp3) is 0.556. The Morgan fingerprint density at radius 3 is 2.96 bits per heavy atom. The first-order valence-corrected chi connectivity index (χ1v) is 8.93. The van der Waals surface area contributed by atoms with Crippen LogP contribution in [0, 0.1) is 0 Å². The fourth-order valence-electron chi connectivity index (χ4n) is 3.10. The van der Waals surface area contributed by atoms with Crippen LogP contribution in [-0.4, -0.2) is 43.2 Å². The molecule has 2 aliphatic heterocycles. The topological polar surface area (TPSA) is 67.9 Å². The van der Waals surface area contributed by atoms with Crippen molar-refractivity contribution in [3.63, 3.8) is 0 Å². The average molecular weight is 367 g/mol. The van der Waals surface area contributed by atoms with Crippen LogP contribution in [0.1, 0.15) is 33.1 Å². The van der Waals surface area contributed by atoms with E-state index in [1.165, 1.54) is 0 Å². The van der Waals surface area contributed by atoms with Crippen molar-refractivity contribution in [1.29, 1.82) is 0 Å². The molecule has 1 atom stereocenters. The van der Waals surface area contributed by atoms with Gasteiger partial charge in [0.2, 0.25) is 5.91 Å². The van der Waals surface area contributed by atoms with Gasteiger partial charge in [-0.1, -0.05) is 11.6 Å². The van der Waals surface area contributed by atoms with Crippen molar-refractivity contribution < 1.29 is 19.1 Å². The smallest absolute Gasteiger partial charge is 0.270 e. The molecule has 0 bridgehead atoms. The van der Waals surface area contributed by atoms with Crippen molar-refractivity contribution >= 4 is 29.1 Å². The molecule has 2 heterocycles. The minimum Gasteiger partial charge on any atom is -0.476 e. The Hall–Kier alpha value is -1.79. The number of ether oxygens (including phenoxy) is 2. The maximum Gasteiger partial charge on any atom is 0.270 e. The third-order valence-corrected chi connectivity index (χ3v) is 4.69. The summed E-state index contributed by atoms with van der Waals surface area (Å²) < 4.78 is 11.3. The molecule has 1 aromatic carbocycles. The Balaban J connectivity index is 1.65. The predicted molar refractivity (Wildman–Crippen MR) is 95.1 cm³/mol. The molecule has 6 nitrogen and oxygen atoms in total. The number of hydrogen-bond donors (Lipinski definition) is 1. The van der Waals surface area contributed by atoms with Gasteiger partial charge in [0, 0.05) is 31.1 Å². The van der Waals surface area contributed by atoms with Gasteiger partial charge in [-0.2, -0.15) is 0 Å². The molecule has 0 saturated carbocycles. The summed E-state index contributed by atoms with van der Waals surface area (Å²) in [6, 6.07) is 5.16. The normalized spacial score (nSPS) is 21.6. The second-order valence-electron chi connectivity index (χ2n) is 6.87. The largest absolute Gasteiger partial charge is 0.476 e. The van der Waals surface area contributed by atoms with Crippen molar-refractivity contribution in [2.45, 2.75) is 44.8 Å². The summed E-state index contributed by atoms with van der Waals surface area (Å²) in [7, 11) is 0. The van der Waals surface area contributed by atoms with Crippen molar-refractivity contribution in [2.75, 3.05) is 24.6 Å². The lowest BCUT2D eigenvalue weighted by Gasteiger charge is -2.38. The second kappa shape index (κ2) is 7.22. The molecule has 7 heteroatoms. The minimum atomic E-state index is -0.977. The van der Waals surface area contributed by atoms with Gasteiger partial charge in [-0.25, -0.2) is 0 Å². The number of halogens is 1. The van der Waals surface area contributed by atoms with E-state index < -0.39 is 5.60 Å². The summed E-state index contributed by atoms with van der Waals surface area (Å²) in [6.07, 6.45) is 2.32. The van der Waals surface area contributed by atoms with Gasteiger partial charge < -0.3 is 19.7 Å². The first-order valence-electron chi connectivity index (χ1n) is 8.55. The minimum absolute atomic E-state index is 0.101. The summed E-state index contributed by atoms with van der Waals surface area (Å²) >= 11 is 6.06. The van der Waals surface area contributed by atoms with E-state index in [-0.39, 0.29) is 30.9 Å². The highest BCUT2D eigenvalue weighted by molar-refractivity contribution is 6.31. The summed E-state index contributed by atoms with van der Waals surface area (Å²) in [4.78, 5) is 26.4. The lowest BCUT2D eigenvalue weighted by atomic mass is 10.0. The number of hydrogen-bond acceptors (Lipinski definition) is 4. The number of carbonyl (C=O) groups is 2. The van der Waals surface area contributed by atoms with Gasteiger partial charge in [0.15, 0.2) is 5.60 Å². The van der Waals surface area contributed by atoms with Crippen LogP contribution in [0.2, 0.25) is 5.02 Å². The monoisotopic (exact) mass is 366 g/mol. The number of fused-ring (bicyclic) bond motifs is 1. The van der Waals surface area contributed by atoms with E-state index in [2.05, 4.69) is 5.32 Å². The van der Waals surface area contributed by atoms with Gasteiger partial charge in [0.25, 0.3) is 5.91 Å². The first-order chi connectivity index (χ1) is 11.9. The summed E-state index contributed by atoms with van der Waals surface area (Å²) in [5, 5.41) is 3.39. The first kappa shape index (κ1) is 18.0. The molecular weight excluding hydrogens is 344 g/mol. The van der Waals surface area contributed by atoms with Crippen LogP contribution >= 0.6 is 11.6 Å². The molecule has 1 unspecified atom stereocenters. The highest BCUT2D eigenvalue weighted by Gasteiger charge is 2.40. The Morgan fingerprint density at radius 1 is 1.44 bits per heavy atom. The van der Waals surface area contributed by atoms with Gasteiger partial charge in [0.1, 0.15) is 5.75 Å². The van der Waals surface area contributed by atoms with Crippen LogP contribution in [0.4, 0.5) is 5.69 Å². The molecule has 0 aliphatic carbocycles. The van der Waals surface area contributed by atoms with Crippen LogP contribution < -0.4 is 15.0 Å². The number of nitrogens with one attached hydrogen (secondary N) is 1. The van der Waals surface area contributed by atoms with E-state index in [1.807, 2.05) is 0 Å². The SMILES string of the molecule is CC1(C)Oc2ccc(Cl)cc2N(CCC(=O)NCC2CCCO2)C1=O. The third kappa shape index (κ3) is 4.07. The van der Waals surface area contributed by atoms with Crippen molar-refractivity contribution in [2.24, 2.45) is 0 Å². The van der Waals surface area contributed by atoms with Crippen molar-refractivity contribution in [1.82, 2.24) is 5.32 Å². The highest BCUT2D eigenvalue weighted by atomic mass is 35.5. The molecule has 2 amide bonds. The predicted octanol–water partition coefficient (Wildman–Crippen LogP) is 2.53. The van der Waals surface area contributed by atoms with Crippen LogP contribution in [0.15, 0.2) is 18.2 Å². The standard InChI is InChI=1S/C18H23ClN2O4/c1-18(2)17(23)21(14-10-12(19)5-6-15(14)25-18)8-7-16(22)20-11-13-4-3-9-24-13/h5-6,10,13H,3-4,7-9,11H2,1-2H3,(H,20,22). The molecule has 3 rings (SSSR count). The summed E-state index contributed by atoms with van der Waals surface area (Å²) in [5.41, 5.74) is -0.376. The molecule has 1 fully saturated rings. The number of benzene rings is 1. The van der Waals surface area contributed by atoms with Crippen molar-refractivity contribution in [3.8, 4) is 5.75 Å². The zero-order valence-corrected chi connectivity index (χ0v) is 15.3. The zero-order valence-electron chi connectivity index (χ0n) is 14.5. The quantitative estimate of drug-likeness (QED) is 0.869. The molecule has 1 aromatic rings. The average Bonchev–Trinajstić information content (AvgIpc) is 3.07. The molecular formula is C18H23ClN2O4. The Bertz CT molecular complexity index is 671. The van der Waals surface area contributed by atoms with Gasteiger partial charge >= 0.3 is 0 Å². The molecule has 136 valence electrons. The Morgan fingerprint density at radius 2 is 2.24 bits per heavy atom. The van der Waals surface area contributed by atoms with E-state index in [0.29, 0.717) is 23.0 Å². The fourth-order valence-corrected chi connectivity index (χ4v) is 3.26. The molecule has 0 radical (unpaired) electrons. The lowest BCUT2D eigenvalue weighted by molar-refractivity contribution is -0.132. The van der Waals surface area contributed by atoms with E-state index >= 15 is 0 Å². The van der Waals surface area contributed by atoms with Crippen LogP contribution in [0.5, 0.6) is 5.75 Å². The van der Waals surface area contributed by atoms with Crippen molar-refractivity contribution in [3.05, 3.63) is 23.2 Å². The highest BCUT2D eigenvalue weighted by Crippen LogP contribution is 2.39. The number of rotatable bonds is 5. The molecule has 2 aliphatic rings. The van der Waals surface area contributed by atoms with E-state index in [4.69, 9.17) is 21.1 Å². The third-order valence-electron chi connectivity index (χ3n) is 4.45. The Labute approximate surface area is 152 Å². The lowest BCUT2D eigenvalue weighted by Crippen LogP contribution is -2.53. The van der Waals surface area contributed by atoms with Crippen LogP contribution in [-0.2, 0) is 14.3 Å². The number of nitrogens with zero attached hydrogens (tertiary/aromatic N) is 1. The summed E-state index contributed by atoms with van der Waals surface area (Å²) in [5.74, 6) is 0.305. The van der Waals surface area contributed by atoms with Gasteiger partial charge in [-0.15, -0.1) is 0 Å². The maximum absolute atomic E-state index is 12.7.